The maximum absolute atomic E-state index is 4.62. The lowest BCUT2D eigenvalue weighted by Gasteiger charge is -2.22. The van der Waals surface area contributed by atoms with Gasteiger partial charge in [-0.2, -0.15) is 5.10 Å². The Balaban J connectivity index is 2.08. The van der Waals surface area contributed by atoms with Crippen molar-refractivity contribution in [1.29, 1.82) is 0 Å². The fourth-order valence-corrected chi connectivity index (χ4v) is 2.68. The third kappa shape index (κ3) is 1.84. The summed E-state index contributed by atoms with van der Waals surface area (Å²) in [6.45, 7) is 3.15. The van der Waals surface area contributed by atoms with E-state index in [0.29, 0.717) is 6.04 Å². The van der Waals surface area contributed by atoms with Crippen molar-refractivity contribution in [1.82, 2.24) is 14.8 Å². The van der Waals surface area contributed by atoms with Crippen LogP contribution in [0.1, 0.15) is 13.3 Å². The highest BCUT2D eigenvalue weighted by atomic mass is 79.9. The van der Waals surface area contributed by atoms with Crippen LogP contribution < -0.4 is 5.32 Å². The second-order valence-electron chi connectivity index (χ2n) is 4.31. The molecule has 1 aliphatic heterocycles. The lowest BCUT2D eigenvalue weighted by Crippen LogP contribution is -2.25. The molecule has 0 saturated heterocycles. The Morgan fingerprint density at radius 2 is 2.41 bits per heavy atom. The number of anilines is 1. The van der Waals surface area contributed by atoms with Crippen LogP contribution in [-0.4, -0.2) is 20.8 Å². The molecule has 88 valence electrons. The summed E-state index contributed by atoms with van der Waals surface area (Å²) in [5.74, 6) is 1.07. The Kier molecular flexibility index (Phi) is 2.63. The maximum Gasteiger partial charge on any atom is 0.139 e. The van der Waals surface area contributed by atoms with Crippen molar-refractivity contribution in [3.05, 3.63) is 29.0 Å². The number of nitrogens with zero attached hydrogens (tertiary/aromatic N) is 3. The lowest BCUT2D eigenvalue weighted by molar-refractivity contribution is 0.513. The Hall–Kier alpha value is -1.36. The molecule has 1 N–H and O–H groups in total. The molecule has 3 heterocycles. The first-order valence-corrected chi connectivity index (χ1v) is 6.48. The number of halogens is 1. The first-order valence-electron chi connectivity index (χ1n) is 5.69. The van der Waals surface area contributed by atoms with Crippen LogP contribution in [0, 0.1) is 0 Å². The molecule has 2 aromatic rings. The molecule has 17 heavy (non-hydrogen) atoms. The smallest absolute Gasteiger partial charge is 0.139 e. The highest BCUT2D eigenvalue weighted by Crippen LogP contribution is 2.35. The van der Waals surface area contributed by atoms with E-state index in [1.807, 2.05) is 23.0 Å². The Morgan fingerprint density at radius 3 is 3.18 bits per heavy atom. The van der Waals surface area contributed by atoms with Crippen LogP contribution in [0.25, 0.3) is 11.3 Å². The van der Waals surface area contributed by atoms with E-state index in [-0.39, 0.29) is 0 Å². The van der Waals surface area contributed by atoms with Gasteiger partial charge in [-0.25, -0.2) is 4.68 Å². The van der Waals surface area contributed by atoms with Crippen molar-refractivity contribution in [2.75, 3.05) is 5.32 Å². The van der Waals surface area contributed by atoms with E-state index in [1.165, 1.54) is 0 Å². The summed E-state index contributed by atoms with van der Waals surface area (Å²) in [4.78, 5) is 4.13. The van der Waals surface area contributed by atoms with Gasteiger partial charge in [0.1, 0.15) is 11.5 Å². The number of rotatable bonds is 1. The second-order valence-corrected chi connectivity index (χ2v) is 5.10. The van der Waals surface area contributed by atoms with Crippen molar-refractivity contribution >= 4 is 21.7 Å². The summed E-state index contributed by atoms with van der Waals surface area (Å²) in [5, 5.41) is 8.07. The maximum atomic E-state index is 4.62. The summed E-state index contributed by atoms with van der Waals surface area (Å²) >= 11 is 3.63. The number of nitrogens with one attached hydrogen (secondary N) is 1. The van der Waals surface area contributed by atoms with Crippen LogP contribution in [-0.2, 0) is 6.54 Å². The van der Waals surface area contributed by atoms with E-state index in [0.717, 1.165) is 34.5 Å². The molecule has 2 aromatic heterocycles. The van der Waals surface area contributed by atoms with Crippen LogP contribution >= 0.6 is 15.9 Å². The van der Waals surface area contributed by atoms with Gasteiger partial charge in [-0.15, -0.1) is 0 Å². The van der Waals surface area contributed by atoms with Crippen LogP contribution in [0.5, 0.6) is 0 Å². The van der Waals surface area contributed by atoms with E-state index < -0.39 is 0 Å². The topological polar surface area (TPSA) is 42.7 Å². The van der Waals surface area contributed by atoms with E-state index in [2.05, 4.69) is 38.3 Å². The van der Waals surface area contributed by atoms with E-state index >= 15 is 0 Å². The second kappa shape index (κ2) is 4.14. The average molecular weight is 293 g/mol. The Morgan fingerprint density at radius 1 is 1.53 bits per heavy atom. The number of aromatic nitrogens is 3. The van der Waals surface area contributed by atoms with Crippen molar-refractivity contribution in [3.8, 4) is 11.3 Å². The van der Waals surface area contributed by atoms with Crippen molar-refractivity contribution in [3.63, 3.8) is 0 Å². The summed E-state index contributed by atoms with van der Waals surface area (Å²) in [5.41, 5.74) is 1.99. The third-order valence-corrected chi connectivity index (χ3v) is 3.74. The highest BCUT2D eigenvalue weighted by molar-refractivity contribution is 9.10. The quantitative estimate of drug-likeness (QED) is 0.879. The monoisotopic (exact) mass is 292 g/mol. The van der Waals surface area contributed by atoms with E-state index in [9.17, 15) is 0 Å². The van der Waals surface area contributed by atoms with Gasteiger partial charge < -0.3 is 5.32 Å². The molecule has 0 amide bonds. The van der Waals surface area contributed by atoms with Crippen molar-refractivity contribution < 1.29 is 0 Å². The number of hydrogen-bond acceptors (Lipinski definition) is 3. The van der Waals surface area contributed by atoms with Gasteiger partial charge >= 0.3 is 0 Å². The fraction of sp³-hybridized carbons (Fsp3) is 0.333. The minimum atomic E-state index is 0.497. The average Bonchev–Trinajstić information content (AvgIpc) is 2.68. The molecule has 1 atom stereocenters. The molecule has 3 rings (SSSR count). The summed E-state index contributed by atoms with van der Waals surface area (Å²) in [7, 11) is 0. The number of fused-ring (bicyclic) bond motifs is 1. The molecule has 4 nitrogen and oxygen atoms in total. The van der Waals surface area contributed by atoms with Crippen LogP contribution in [0.15, 0.2) is 29.0 Å². The van der Waals surface area contributed by atoms with Crippen LogP contribution in [0.2, 0.25) is 0 Å². The predicted molar refractivity (Wildman–Crippen MR) is 70.9 cm³/mol. The zero-order valence-electron chi connectivity index (χ0n) is 9.52. The molecule has 0 fully saturated rings. The fourth-order valence-electron chi connectivity index (χ4n) is 2.05. The van der Waals surface area contributed by atoms with Crippen LogP contribution in [0.4, 0.5) is 5.82 Å². The summed E-state index contributed by atoms with van der Waals surface area (Å²) in [6, 6.07) is 4.45. The molecule has 0 aliphatic carbocycles. The molecule has 0 saturated carbocycles. The SMILES string of the molecule is CC1CCn2nc(-c3cccnc3)c(Br)c2N1. The predicted octanol–water partition coefficient (Wildman–Crippen LogP) is 2.91. The number of hydrogen-bond donors (Lipinski definition) is 1. The van der Waals surface area contributed by atoms with Gasteiger partial charge in [-0.3, -0.25) is 4.98 Å². The largest absolute Gasteiger partial charge is 0.367 e. The molecule has 1 aliphatic rings. The zero-order chi connectivity index (χ0) is 11.8. The van der Waals surface area contributed by atoms with Crippen molar-refractivity contribution in [2.24, 2.45) is 0 Å². The van der Waals surface area contributed by atoms with Gasteiger partial charge in [-0.1, -0.05) is 0 Å². The molecule has 5 heteroatoms. The normalized spacial score (nSPS) is 18.6. The van der Waals surface area contributed by atoms with E-state index in [1.54, 1.807) is 6.20 Å². The number of aryl methyl sites for hydroxylation is 1. The molecule has 0 bridgehead atoms. The zero-order valence-corrected chi connectivity index (χ0v) is 11.1. The summed E-state index contributed by atoms with van der Waals surface area (Å²) < 4.78 is 3.05. The van der Waals surface area contributed by atoms with Crippen molar-refractivity contribution in [2.45, 2.75) is 25.9 Å². The third-order valence-electron chi connectivity index (χ3n) is 2.99. The van der Waals surface area contributed by atoms with Gasteiger partial charge in [0.2, 0.25) is 0 Å². The standard InChI is InChI=1S/C12H13BrN4/c1-8-4-6-17-12(15-8)10(13)11(16-17)9-3-2-5-14-7-9/h2-3,5,7-8,15H,4,6H2,1H3. The molecule has 1 unspecified atom stereocenters. The molecular weight excluding hydrogens is 280 g/mol. The van der Waals surface area contributed by atoms with Gasteiger partial charge in [0, 0.05) is 30.5 Å². The lowest BCUT2D eigenvalue weighted by atomic mass is 10.2. The van der Waals surface area contributed by atoms with Gasteiger partial charge in [0.05, 0.1) is 4.47 Å². The molecule has 0 radical (unpaired) electrons. The first-order chi connectivity index (χ1) is 8.25. The number of pyridine rings is 1. The van der Waals surface area contributed by atoms with E-state index in [4.69, 9.17) is 0 Å². The van der Waals surface area contributed by atoms with Crippen LogP contribution in [0.3, 0.4) is 0 Å². The molecule has 0 aromatic carbocycles. The first kappa shape index (κ1) is 10.8. The molecule has 0 spiro atoms. The summed E-state index contributed by atoms with van der Waals surface area (Å²) in [6.07, 6.45) is 4.71. The highest BCUT2D eigenvalue weighted by Gasteiger charge is 2.22. The minimum Gasteiger partial charge on any atom is -0.367 e. The van der Waals surface area contributed by atoms with Gasteiger partial charge in [-0.05, 0) is 41.4 Å². The van der Waals surface area contributed by atoms with Gasteiger partial charge in [0.25, 0.3) is 0 Å². The molecular formula is C12H13BrN4. The van der Waals surface area contributed by atoms with Gasteiger partial charge in [0.15, 0.2) is 0 Å². The Bertz CT molecular complexity index is 535. The minimum absolute atomic E-state index is 0.497. The Labute approximate surface area is 108 Å².